The third-order valence-corrected chi connectivity index (χ3v) is 4.46. The number of carbonyl (C=O) groups is 1. The van der Waals surface area contributed by atoms with Gasteiger partial charge >= 0.3 is 0 Å². The Hall–Kier alpha value is -1.08. The van der Waals surface area contributed by atoms with Crippen molar-refractivity contribution < 1.29 is 4.79 Å². The highest BCUT2D eigenvalue weighted by atomic mass is 16.2. The Morgan fingerprint density at radius 3 is 2.71 bits per heavy atom. The quantitative estimate of drug-likeness (QED) is 0.678. The fourth-order valence-corrected chi connectivity index (χ4v) is 3.19. The van der Waals surface area contributed by atoms with Gasteiger partial charge in [0.25, 0.3) is 0 Å². The van der Waals surface area contributed by atoms with Crippen LogP contribution in [0.5, 0.6) is 0 Å². The van der Waals surface area contributed by atoms with Gasteiger partial charge in [-0.25, -0.2) is 0 Å². The van der Waals surface area contributed by atoms with Gasteiger partial charge < -0.3 is 4.90 Å². The second-order valence-electron chi connectivity index (χ2n) is 5.63. The van der Waals surface area contributed by atoms with E-state index in [9.17, 15) is 4.79 Å². The van der Waals surface area contributed by atoms with Gasteiger partial charge in [-0.2, -0.15) is 5.26 Å². The zero-order valence-electron chi connectivity index (χ0n) is 10.2. The van der Waals surface area contributed by atoms with E-state index in [1.165, 1.54) is 19.4 Å². The molecule has 92 valence electrons. The van der Waals surface area contributed by atoms with Gasteiger partial charge in [-0.3, -0.25) is 9.69 Å². The normalized spacial score (nSPS) is 31.5. The van der Waals surface area contributed by atoms with Gasteiger partial charge in [0.1, 0.15) is 5.41 Å². The van der Waals surface area contributed by atoms with E-state index in [1.807, 2.05) is 4.90 Å². The van der Waals surface area contributed by atoms with Crippen molar-refractivity contribution in [2.24, 2.45) is 5.41 Å². The molecule has 0 bridgehead atoms. The van der Waals surface area contributed by atoms with Gasteiger partial charge in [0.05, 0.1) is 6.07 Å². The van der Waals surface area contributed by atoms with Crippen LogP contribution in [-0.2, 0) is 4.79 Å². The third-order valence-electron chi connectivity index (χ3n) is 4.46. The molecule has 2 saturated heterocycles. The van der Waals surface area contributed by atoms with Crippen LogP contribution in [0, 0.1) is 16.7 Å². The second-order valence-corrected chi connectivity index (χ2v) is 5.63. The Bertz CT molecular complexity index is 369. The lowest BCUT2D eigenvalue weighted by atomic mass is 10.1. The van der Waals surface area contributed by atoms with Crippen LogP contribution < -0.4 is 0 Å². The number of nitrogens with zero attached hydrogens (tertiary/aromatic N) is 3. The van der Waals surface area contributed by atoms with Gasteiger partial charge in [0, 0.05) is 25.7 Å². The predicted octanol–water partition coefficient (Wildman–Crippen LogP) is 0.987. The Morgan fingerprint density at radius 2 is 2.00 bits per heavy atom. The maximum Gasteiger partial charge on any atom is 0.243 e. The summed E-state index contributed by atoms with van der Waals surface area (Å²) in [4.78, 5) is 16.8. The van der Waals surface area contributed by atoms with Crippen LogP contribution in [0.15, 0.2) is 0 Å². The third kappa shape index (κ3) is 1.83. The summed E-state index contributed by atoms with van der Waals surface area (Å²) in [6.07, 6.45) is 5.07. The number of fused-ring (bicyclic) bond motifs is 1. The van der Waals surface area contributed by atoms with Crippen LogP contribution in [0.3, 0.4) is 0 Å². The molecular formula is C13H19N3O. The Kier molecular flexibility index (Phi) is 2.59. The summed E-state index contributed by atoms with van der Waals surface area (Å²) in [5.41, 5.74) is -0.631. The SMILES string of the molecule is N#CC1(C(=O)N2CCCN3CCCC3C2)CC1. The Morgan fingerprint density at radius 1 is 1.24 bits per heavy atom. The highest BCUT2D eigenvalue weighted by Crippen LogP contribution is 2.46. The topological polar surface area (TPSA) is 47.3 Å². The molecule has 0 radical (unpaired) electrons. The van der Waals surface area contributed by atoms with Crippen LogP contribution >= 0.6 is 0 Å². The molecular weight excluding hydrogens is 214 g/mol. The Labute approximate surface area is 102 Å². The lowest BCUT2D eigenvalue weighted by Gasteiger charge is -2.27. The summed E-state index contributed by atoms with van der Waals surface area (Å²) in [7, 11) is 0. The van der Waals surface area contributed by atoms with E-state index >= 15 is 0 Å². The van der Waals surface area contributed by atoms with Crippen molar-refractivity contribution in [3.63, 3.8) is 0 Å². The zero-order valence-corrected chi connectivity index (χ0v) is 10.2. The molecule has 4 nitrogen and oxygen atoms in total. The van der Waals surface area contributed by atoms with Crippen molar-refractivity contribution in [1.82, 2.24) is 9.80 Å². The lowest BCUT2D eigenvalue weighted by Crippen LogP contribution is -2.42. The average molecular weight is 233 g/mol. The molecule has 4 heteroatoms. The molecule has 1 saturated carbocycles. The maximum atomic E-state index is 12.3. The van der Waals surface area contributed by atoms with E-state index in [0.29, 0.717) is 6.04 Å². The van der Waals surface area contributed by atoms with Crippen molar-refractivity contribution in [1.29, 1.82) is 5.26 Å². The first kappa shape index (κ1) is 11.0. The summed E-state index contributed by atoms with van der Waals surface area (Å²) < 4.78 is 0. The molecule has 1 atom stereocenters. The molecule has 0 aromatic carbocycles. The largest absolute Gasteiger partial charge is 0.340 e. The number of carbonyl (C=O) groups excluding carboxylic acids is 1. The summed E-state index contributed by atoms with van der Waals surface area (Å²) in [6.45, 7) is 4.00. The molecule has 3 aliphatic rings. The van der Waals surface area contributed by atoms with Crippen molar-refractivity contribution in [2.75, 3.05) is 26.2 Å². The first-order chi connectivity index (χ1) is 8.25. The van der Waals surface area contributed by atoms with Crippen molar-refractivity contribution >= 4 is 5.91 Å². The summed E-state index contributed by atoms with van der Waals surface area (Å²) in [5, 5.41) is 9.11. The Balaban J connectivity index is 1.71. The molecule has 17 heavy (non-hydrogen) atoms. The predicted molar refractivity (Wildman–Crippen MR) is 63.1 cm³/mol. The van der Waals surface area contributed by atoms with Gasteiger partial charge in [-0.15, -0.1) is 0 Å². The molecule has 0 N–H and O–H groups in total. The fourth-order valence-electron chi connectivity index (χ4n) is 3.19. The van der Waals surface area contributed by atoms with Gasteiger partial charge in [-0.05, 0) is 38.6 Å². The molecule has 3 fully saturated rings. The molecule has 1 amide bonds. The van der Waals surface area contributed by atoms with Gasteiger partial charge in [0.2, 0.25) is 5.91 Å². The number of rotatable bonds is 1. The smallest absolute Gasteiger partial charge is 0.243 e. The minimum atomic E-state index is -0.631. The standard InChI is InChI=1S/C13H19N3O/c14-10-13(4-5-13)12(17)16-8-2-7-15-6-1-3-11(15)9-16/h11H,1-9H2. The van der Waals surface area contributed by atoms with E-state index in [-0.39, 0.29) is 5.91 Å². The molecule has 2 aliphatic heterocycles. The van der Waals surface area contributed by atoms with Crippen molar-refractivity contribution in [3.05, 3.63) is 0 Å². The van der Waals surface area contributed by atoms with Gasteiger partial charge in [0.15, 0.2) is 0 Å². The molecule has 2 heterocycles. The van der Waals surface area contributed by atoms with Crippen molar-refractivity contribution in [2.45, 2.75) is 38.1 Å². The maximum absolute atomic E-state index is 12.3. The molecule has 1 unspecified atom stereocenters. The number of amides is 1. The minimum Gasteiger partial charge on any atom is -0.340 e. The van der Waals surface area contributed by atoms with E-state index in [2.05, 4.69) is 11.0 Å². The lowest BCUT2D eigenvalue weighted by molar-refractivity contribution is -0.135. The van der Waals surface area contributed by atoms with Crippen LogP contribution in [0.2, 0.25) is 0 Å². The average Bonchev–Trinajstić information content (AvgIpc) is 3.08. The van der Waals surface area contributed by atoms with E-state index < -0.39 is 5.41 Å². The van der Waals surface area contributed by atoms with E-state index in [1.54, 1.807) is 0 Å². The molecule has 3 rings (SSSR count). The van der Waals surface area contributed by atoms with E-state index in [4.69, 9.17) is 5.26 Å². The first-order valence-corrected chi connectivity index (χ1v) is 6.70. The number of nitriles is 1. The van der Waals surface area contributed by atoms with Gasteiger partial charge in [-0.1, -0.05) is 0 Å². The molecule has 0 aromatic rings. The summed E-state index contributed by atoms with van der Waals surface area (Å²) in [6, 6.07) is 2.78. The minimum absolute atomic E-state index is 0.105. The molecule has 0 spiro atoms. The zero-order chi connectivity index (χ0) is 11.9. The van der Waals surface area contributed by atoms with Crippen LogP contribution in [-0.4, -0.2) is 47.9 Å². The summed E-state index contributed by atoms with van der Waals surface area (Å²) >= 11 is 0. The van der Waals surface area contributed by atoms with E-state index in [0.717, 1.165) is 38.9 Å². The molecule has 0 aromatic heterocycles. The fraction of sp³-hybridized carbons (Fsp3) is 0.846. The summed E-state index contributed by atoms with van der Waals surface area (Å²) in [5.74, 6) is 0.105. The van der Waals surface area contributed by atoms with Crippen LogP contribution in [0.25, 0.3) is 0 Å². The molecule has 1 aliphatic carbocycles. The monoisotopic (exact) mass is 233 g/mol. The van der Waals surface area contributed by atoms with Crippen LogP contribution in [0.4, 0.5) is 0 Å². The highest BCUT2D eigenvalue weighted by Gasteiger charge is 2.53. The van der Waals surface area contributed by atoms with Crippen molar-refractivity contribution in [3.8, 4) is 6.07 Å². The number of hydrogen-bond acceptors (Lipinski definition) is 3. The highest BCUT2D eigenvalue weighted by molar-refractivity contribution is 5.88. The first-order valence-electron chi connectivity index (χ1n) is 6.70. The second kappa shape index (κ2) is 3.99. The number of hydrogen-bond donors (Lipinski definition) is 0. The van der Waals surface area contributed by atoms with Crippen LogP contribution in [0.1, 0.15) is 32.1 Å².